The second-order valence-electron chi connectivity index (χ2n) is 6.31. The summed E-state index contributed by atoms with van der Waals surface area (Å²) >= 11 is 0. The summed E-state index contributed by atoms with van der Waals surface area (Å²) in [5.74, 6) is -1.30. The minimum Gasteiger partial charge on any atom is -0.350 e. The quantitative estimate of drug-likeness (QED) is 0.692. The molecule has 3 heterocycles. The first kappa shape index (κ1) is 17.5. The summed E-state index contributed by atoms with van der Waals surface area (Å²) < 4.78 is 0. The maximum Gasteiger partial charge on any atom is 0.262 e. The van der Waals surface area contributed by atoms with Crippen molar-refractivity contribution in [3.63, 3.8) is 0 Å². The predicted molar refractivity (Wildman–Crippen MR) is 101 cm³/mol. The number of amides is 3. The van der Waals surface area contributed by atoms with Gasteiger partial charge in [0, 0.05) is 30.7 Å². The minimum atomic E-state index is -0.446. The number of hydrogen-bond acceptors (Lipinski definition) is 5. The number of hydrogen-bond donors (Lipinski definition) is 1. The van der Waals surface area contributed by atoms with Crippen LogP contribution in [0.25, 0.3) is 11.3 Å². The molecule has 0 fully saturated rings. The highest BCUT2D eigenvalue weighted by Gasteiger charge is 2.36. The van der Waals surface area contributed by atoms with E-state index >= 15 is 0 Å². The molecule has 7 nitrogen and oxygen atoms in total. The fourth-order valence-corrected chi connectivity index (χ4v) is 3.04. The number of carbonyl (C=O) groups excluding carboxylic acids is 3. The lowest BCUT2D eigenvalue weighted by atomic mass is 10.1. The molecule has 2 aromatic heterocycles. The van der Waals surface area contributed by atoms with Crippen molar-refractivity contribution < 1.29 is 14.4 Å². The summed E-state index contributed by atoms with van der Waals surface area (Å²) in [7, 11) is 0. The number of benzene rings is 1. The van der Waals surface area contributed by atoms with Gasteiger partial charge in [0.2, 0.25) is 5.91 Å². The Kier molecular flexibility index (Phi) is 4.63. The molecule has 1 aromatic carbocycles. The Morgan fingerprint density at radius 1 is 0.964 bits per heavy atom. The van der Waals surface area contributed by atoms with E-state index in [4.69, 9.17) is 0 Å². The van der Waals surface area contributed by atoms with Crippen molar-refractivity contribution in [2.45, 2.75) is 6.54 Å². The topological polar surface area (TPSA) is 92.3 Å². The van der Waals surface area contributed by atoms with Crippen molar-refractivity contribution >= 4 is 17.7 Å². The zero-order chi connectivity index (χ0) is 19.5. The highest BCUT2D eigenvalue weighted by molar-refractivity contribution is 6.22. The molecule has 0 spiro atoms. The molecule has 3 amide bonds. The summed E-state index contributed by atoms with van der Waals surface area (Å²) in [6, 6.07) is 13.9. The number of fused-ring (bicyclic) bond motifs is 1. The third-order valence-corrected chi connectivity index (χ3v) is 4.45. The van der Waals surface area contributed by atoms with Crippen LogP contribution in [0, 0.1) is 0 Å². The fraction of sp³-hybridized carbons (Fsp3) is 0.0952. The minimum absolute atomic E-state index is 0.262. The van der Waals surface area contributed by atoms with Gasteiger partial charge in [-0.3, -0.25) is 29.3 Å². The van der Waals surface area contributed by atoms with Gasteiger partial charge in [0.1, 0.15) is 6.54 Å². The number of aromatic nitrogens is 2. The zero-order valence-corrected chi connectivity index (χ0v) is 14.8. The van der Waals surface area contributed by atoms with E-state index in [9.17, 15) is 14.4 Å². The third kappa shape index (κ3) is 3.37. The Balaban J connectivity index is 1.39. The first-order valence-electron chi connectivity index (χ1n) is 8.71. The molecule has 7 heteroatoms. The van der Waals surface area contributed by atoms with Gasteiger partial charge in [0.25, 0.3) is 11.8 Å². The van der Waals surface area contributed by atoms with Gasteiger partial charge in [-0.25, -0.2) is 0 Å². The number of rotatable bonds is 5. The van der Waals surface area contributed by atoms with Crippen molar-refractivity contribution in [1.29, 1.82) is 0 Å². The van der Waals surface area contributed by atoms with E-state index < -0.39 is 17.7 Å². The molecule has 0 bridgehead atoms. The van der Waals surface area contributed by atoms with E-state index in [-0.39, 0.29) is 13.1 Å². The number of carbonyl (C=O) groups is 3. The SMILES string of the molecule is O=C(CN1C(=O)c2ccccc2C1=O)NCc1ccnc(-c2cccnc2)c1. The maximum absolute atomic E-state index is 12.3. The van der Waals surface area contributed by atoms with Crippen molar-refractivity contribution in [2.75, 3.05) is 6.54 Å². The van der Waals surface area contributed by atoms with Gasteiger partial charge >= 0.3 is 0 Å². The fourth-order valence-electron chi connectivity index (χ4n) is 3.04. The van der Waals surface area contributed by atoms with Gasteiger partial charge in [-0.05, 0) is 42.0 Å². The first-order chi connectivity index (χ1) is 13.6. The van der Waals surface area contributed by atoms with Gasteiger partial charge in [-0.1, -0.05) is 12.1 Å². The highest BCUT2D eigenvalue weighted by Crippen LogP contribution is 2.22. The molecule has 4 rings (SSSR count). The summed E-state index contributed by atoms with van der Waals surface area (Å²) in [4.78, 5) is 46.3. The van der Waals surface area contributed by atoms with E-state index in [0.29, 0.717) is 11.1 Å². The van der Waals surface area contributed by atoms with Crippen molar-refractivity contribution in [3.05, 3.63) is 83.8 Å². The average molecular weight is 372 g/mol. The molecular formula is C21H16N4O3. The van der Waals surface area contributed by atoms with Gasteiger partial charge in [0.15, 0.2) is 0 Å². The Morgan fingerprint density at radius 3 is 2.39 bits per heavy atom. The molecule has 1 N–H and O–H groups in total. The number of nitrogens with zero attached hydrogens (tertiary/aromatic N) is 3. The van der Waals surface area contributed by atoms with E-state index in [2.05, 4.69) is 15.3 Å². The lowest BCUT2D eigenvalue weighted by molar-refractivity contribution is -0.121. The number of pyridine rings is 2. The molecule has 0 atom stereocenters. The largest absolute Gasteiger partial charge is 0.350 e. The number of imide groups is 1. The molecule has 0 unspecified atom stereocenters. The van der Waals surface area contributed by atoms with Crippen LogP contribution in [0.4, 0.5) is 0 Å². The molecule has 28 heavy (non-hydrogen) atoms. The lowest BCUT2D eigenvalue weighted by Crippen LogP contribution is -2.40. The maximum atomic E-state index is 12.3. The molecule has 3 aromatic rings. The van der Waals surface area contributed by atoms with Crippen molar-refractivity contribution in [1.82, 2.24) is 20.2 Å². The third-order valence-electron chi connectivity index (χ3n) is 4.45. The Hall–Kier alpha value is -3.87. The molecule has 138 valence electrons. The van der Waals surface area contributed by atoms with Crippen LogP contribution in [0.3, 0.4) is 0 Å². The number of nitrogens with one attached hydrogen (secondary N) is 1. The summed E-state index contributed by atoms with van der Waals surface area (Å²) in [5.41, 5.74) is 3.14. The highest BCUT2D eigenvalue weighted by atomic mass is 16.2. The van der Waals surface area contributed by atoms with Crippen LogP contribution in [-0.2, 0) is 11.3 Å². The summed E-state index contributed by atoms with van der Waals surface area (Å²) in [6.45, 7) is -0.0509. The standard InChI is InChI=1S/C21H16N4O3/c26-19(13-25-20(27)16-5-1-2-6-17(16)21(25)28)24-11-14-7-9-23-18(10-14)15-4-3-8-22-12-15/h1-10,12H,11,13H2,(H,24,26). The van der Waals surface area contributed by atoms with E-state index in [1.54, 1.807) is 48.9 Å². The second-order valence-corrected chi connectivity index (χ2v) is 6.31. The van der Waals surface area contributed by atoms with E-state index in [1.165, 1.54) is 0 Å². The van der Waals surface area contributed by atoms with Gasteiger partial charge < -0.3 is 5.32 Å². The normalized spacial score (nSPS) is 12.8. The Morgan fingerprint density at radius 2 is 1.71 bits per heavy atom. The summed E-state index contributed by atoms with van der Waals surface area (Å²) in [5, 5.41) is 2.74. The molecule has 0 saturated heterocycles. The van der Waals surface area contributed by atoms with Crippen LogP contribution in [0.2, 0.25) is 0 Å². The molecule has 0 saturated carbocycles. The van der Waals surface area contributed by atoms with Gasteiger partial charge in [-0.15, -0.1) is 0 Å². The smallest absolute Gasteiger partial charge is 0.262 e. The van der Waals surface area contributed by atoms with Crippen LogP contribution >= 0.6 is 0 Å². The van der Waals surface area contributed by atoms with Crippen molar-refractivity contribution in [2.24, 2.45) is 0 Å². The molecule has 0 radical (unpaired) electrons. The summed E-state index contributed by atoms with van der Waals surface area (Å²) in [6.07, 6.45) is 5.06. The molecule has 0 aliphatic carbocycles. The second kappa shape index (κ2) is 7.40. The molecular weight excluding hydrogens is 356 g/mol. The monoisotopic (exact) mass is 372 g/mol. The zero-order valence-electron chi connectivity index (χ0n) is 14.8. The lowest BCUT2D eigenvalue weighted by Gasteiger charge is -2.13. The van der Waals surface area contributed by atoms with Gasteiger partial charge in [0.05, 0.1) is 16.8 Å². The Bertz CT molecular complexity index is 1030. The predicted octanol–water partition coefficient (Wildman–Crippen LogP) is 2.06. The molecule has 1 aliphatic rings. The van der Waals surface area contributed by atoms with Gasteiger partial charge in [-0.2, -0.15) is 0 Å². The van der Waals surface area contributed by atoms with E-state index in [0.717, 1.165) is 21.7 Å². The van der Waals surface area contributed by atoms with Crippen molar-refractivity contribution in [3.8, 4) is 11.3 Å². The van der Waals surface area contributed by atoms with Crippen LogP contribution in [0.15, 0.2) is 67.1 Å². The van der Waals surface area contributed by atoms with Crippen LogP contribution < -0.4 is 5.32 Å². The first-order valence-corrected chi connectivity index (χ1v) is 8.71. The Labute approximate surface area is 161 Å². The van der Waals surface area contributed by atoms with Crippen LogP contribution in [0.1, 0.15) is 26.3 Å². The molecule has 1 aliphatic heterocycles. The average Bonchev–Trinajstić information content (AvgIpc) is 2.98. The van der Waals surface area contributed by atoms with Crippen LogP contribution in [0.5, 0.6) is 0 Å². The van der Waals surface area contributed by atoms with E-state index in [1.807, 2.05) is 18.2 Å². The van der Waals surface area contributed by atoms with Crippen LogP contribution in [-0.4, -0.2) is 39.1 Å².